The van der Waals surface area contributed by atoms with E-state index in [1.165, 1.54) is 6.21 Å². The maximum atomic E-state index is 10.8. The first-order valence-electron chi connectivity index (χ1n) is 5.43. The molecule has 0 saturated heterocycles. The Kier molecular flexibility index (Phi) is 4.06. The van der Waals surface area contributed by atoms with Gasteiger partial charge < -0.3 is 5.11 Å². The Morgan fingerprint density at radius 2 is 2.10 bits per heavy atom. The van der Waals surface area contributed by atoms with Gasteiger partial charge in [0.1, 0.15) is 4.88 Å². The van der Waals surface area contributed by atoms with E-state index in [1.807, 2.05) is 30.3 Å². The lowest BCUT2D eigenvalue weighted by atomic mass is 10.2. The monoisotopic (exact) mass is 291 g/mol. The highest BCUT2D eigenvalue weighted by Crippen LogP contribution is 2.34. The number of carboxylic acids is 1. The molecule has 1 aromatic carbocycles. The van der Waals surface area contributed by atoms with Crippen LogP contribution in [0.3, 0.4) is 0 Å². The van der Waals surface area contributed by atoms with Crippen LogP contribution >= 0.6 is 11.3 Å². The second kappa shape index (κ2) is 5.93. The summed E-state index contributed by atoms with van der Waals surface area (Å²) in [5, 5.41) is 23.6. The lowest BCUT2D eigenvalue weighted by Crippen LogP contribution is -1.93. The van der Waals surface area contributed by atoms with Crippen molar-refractivity contribution in [3.8, 4) is 0 Å². The molecule has 0 atom stereocenters. The van der Waals surface area contributed by atoms with Crippen LogP contribution in [-0.4, -0.2) is 22.2 Å². The van der Waals surface area contributed by atoms with Gasteiger partial charge in [-0.25, -0.2) is 4.79 Å². The number of hydrazone groups is 1. The topological polar surface area (TPSA) is 105 Å². The first kappa shape index (κ1) is 13.7. The van der Waals surface area contributed by atoms with Gasteiger partial charge in [0.25, 0.3) is 0 Å². The van der Waals surface area contributed by atoms with Crippen molar-refractivity contribution < 1.29 is 14.8 Å². The molecule has 2 N–H and O–H groups in total. The molecule has 0 fully saturated rings. The third-order valence-electron chi connectivity index (χ3n) is 2.30. The summed E-state index contributed by atoms with van der Waals surface area (Å²) in [5.74, 6) is -1.21. The van der Waals surface area contributed by atoms with Crippen LogP contribution in [0.2, 0.25) is 0 Å². The number of hydrogen-bond donors (Lipinski definition) is 2. The fourth-order valence-electron chi connectivity index (χ4n) is 1.41. The highest BCUT2D eigenvalue weighted by molar-refractivity contribution is 7.18. The van der Waals surface area contributed by atoms with Gasteiger partial charge in [0.15, 0.2) is 5.00 Å². The van der Waals surface area contributed by atoms with E-state index in [2.05, 4.69) is 10.5 Å². The van der Waals surface area contributed by atoms with Crippen LogP contribution in [0.5, 0.6) is 0 Å². The van der Waals surface area contributed by atoms with Crippen molar-refractivity contribution in [1.29, 1.82) is 0 Å². The average Bonchev–Trinajstić information content (AvgIpc) is 2.84. The van der Waals surface area contributed by atoms with Crippen molar-refractivity contribution in [1.82, 2.24) is 0 Å². The number of carboxylic acid groups (broad SMARTS) is 1. The predicted octanol–water partition coefficient (Wildman–Crippen LogP) is 2.80. The summed E-state index contributed by atoms with van der Waals surface area (Å²) in [6.07, 6.45) is 1.49. The number of anilines is 1. The minimum atomic E-state index is -1.21. The first-order valence-corrected chi connectivity index (χ1v) is 6.25. The van der Waals surface area contributed by atoms with Gasteiger partial charge in [0, 0.05) is 6.07 Å². The molecule has 0 bridgehead atoms. The normalized spacial score (nSPS) is 10.6. The molecule has 0 amide bonds. The number of hydrogen-bond acceptors (Lipinski definition) is 6. The van der Waals surface area contributed by atoms with Crippen molar-refractivity contribution in [2.24, 2.45) is 5.10 Å². The summed E-state index contributed by atoms with van der Waals surface area (Å²) in [4.78, 5) is 20.9. The molecule has 0 unspecified atom stereocenters. The molecule has 2 rings (SSSR count). The molecule has 0 aliphatic carbocycles. The molecular weight excluding hydrogens is 282 g/mol. The fourth-order valence-corrected chi connectivity index (χ4v) is 2.22. The molecule has 0 aliphatic rings. The van der Waals surface area contributed by atoms with Crippen molar-refractivity contribution >= 4 is 34.2 Å². The molecule has 1 aromatic heterocycles. The number of aromatic carboxylic acids is 1. The second-order valence-electron chi connectivity index (χ2n) is 3.67. The van der Waals surface area contributed by atoms with Crippen LogP contribution in [0.4, 0.5) is 10.7 Å². The van der Waals surface area contributed by atoms with E-state index in [9.17, 15) is 14.9 Å². The minimum absolute atomic E-state index is 0.0829. The Labute approximate surface area is 117 Å². The van der Waals surface area contributed by atoms with E-state index in [-0.39, 0.29) is 15.6 Å². The van der Waals surface area contributed by atoms with Gasteiger partial charge in [-0.05, 0) is 5.56 Å². The SMILES string of the molecule is O=C(O)c1cc([N+](=O)[O-])c(N/N=C\c2ccccc2)s1. The summed E-state index contributed by atoms with van der Waals surface area (Å²) >= 11 is 0.765. The van der Waals surface area contributed by atoms with E-state index in [0.717, 1.165) is 23.0 Å². The van der Waals surface area contributed by atoms with Crippen molar-refractivity contribution in [2.75, 3.05) is 5.43 Å². The van der Waals surface area contributed by atoms with E-state index in [1.54, 1.807) is 0 Å². The third-order valence-corrected chi connectivity index (χ3v) is 3.32. The van der Waals surface area contributed by atoms with Crippen LogP contribution in [0.15, 0.2) is 41.5 Å². The van der Waals surface area contributed by atoms with Gasteiger partial charge in [0.05, 0.1) is 11.1 Å². The molecule has 0 aliphatic heterocycles. The van der Waals surface area contributed by atoms with Crippen molar-refractivity contribution in [2.45, 2.75) is 0 Å². The summed E-state index contributed by atoms with van der Waals surface area (Å²) in [6, 6.07) is 10.2. The smallest absolute Gasteiger partial charge is 0.346 e. The maximum Gasteiger partial charge on any atom is 0.346 e. The highest BCUT2D eigenvalue weighted by atomic mass is 32.1. The van der Waals surface area contributed by atoms with Gasteiger partial charge in [-0.1, -0.05) is 30.3 Å². The number of carbonyl (C=O) groups is 1. The quantitative estimate of drug-likeness (QED) is 0.500. The number of rotatable bonds is 5. The minimum Gasteiger partial charge on any atom is -0.477 e. The molecule has 20 heavy (non-hydrogen) atoms. The number of nitrogens with zero attached hydrogens (tertiary/aromatic N) is 2. The molecule has 7 nitrogen and oxygen atoms in total. The Hall–Kier alpha value is -2.74. The summed E-state index contributed by atoms with van der Waals surface area (Å²) in [5.41, 5.74) is 3.01. The van der Waals surface area contributed by atoms with Crippen LogP contribution in [0, 0.1) is 10.1 Å². The maximum absolute atomic E-state index is 10.8. The fraction of sp³-hybridized carbons (Fsp3) is 0. The Bertz CT molecular complexity index is 667. The molecular formula is C12H9N3O4S. The van der Waals surface area contributed by atoms with E-state index in [0.29, 0.717) is 0 Å². The van der Waals surface area contributed by atoms with Crippen LogP contribution in [-0.2, 0) is 0 Å². The Morgan fingerprint density at radius 3 is 2.70 bits per heavy atom. The molecule has 0 saturated carbocycles. The molecule has 0 spiro atoms. The molecule has 2 aromatic rings. The van der Waals surface area contributed by atoms with Crippen molar-refractivity contribution in [3.05, 3.63) is 57.0 Å². The molecule has 8 heteroatoms. The summed E-state index contributed by atoms with van der Waals surface area (Å²) in [6.45, 7) is 0. The average molecular weight is 291 g/mol. The van der Waals surface area contributed by atoms with E-state index in [4.69, 9.17) is 5.11 Å². The van der Waals surface area contributed by atoms with Crippen LogP contribution in [0.25, 0.3) is 0 Å². The summed E-state index contributed by atoms with van der Waals surface area (Å²) in [7, 11) is 0. The Morgan fingerprint density at radius 1 is 1.40 bits per heavy atom. The number of nitro groups is 1. The number of benzene rings is 1. The molecule has 102 valence electrons. The molecule has 0 radical (unpaired) electrons. The third kappa shape index (κ3) is 3.18. The molecule has 1 heterocycles. The largest absolute Gasteiger partial charge is 0.477 e. The zero-order chi connectivity index (χ0) is 14.5. The number of thiophene rings is 1. The zero-order valence-corrected chi connectivity index (χ0v) is 10.8. The number of nitrogens with one attached hydrogen (secondary N) is 1. The van der Waals surface area contributed by atoms with E-state index >= 15 is 0 Å². The van der Waals surface area contributed by atoms with Crippen LogP contribution < -0.4 is 5.43 Å². The van der Waals surface area contributed by atoms with Gasteiger partial charge in [0.2, 0.25) is 0 Å². The standard InChI is InChI=1S/C12H9N3O4S/c16-12(17)10-6-9(15(18)19)11(20-10)14-13-7-8-4-2-1-3-5-8/h1-7,14H,(H,16,17)/b13-7-. The lowest BCUT2D eigenvalue weighted by molar-refractivity contribution is -0.383. The Balaban J connectivity index is 2.18. The second-order valence-corrected chi connectivity index (χ2v) is 4.72. The lowest BCUT2D eigenvalue weighted by Gasteiger charge is -1.95. The van der Waals surface area contributed by atoms with Gasteiger partial charge in [-0.2, -0.15) is 5.10 Å². The summed E-state index contributed by atoms with van der Waals surface area (Å²) < 4.78 is 0. The van der Waals surface area contributed by atoms with Gasteiger partial charge >= 0.3 is 11.7 Å². The van der Waals surface area contributed by atoms with Gasteiger partial charge in [-0.15, -0.1) is 11.3 Å². The highest BCUT2D eigenvalue weighted by Gasteiger charge is 2.21. The predicted molar refractivity (Wildman–Crippen MR) is 75.6 cm³/mol. The van der Waals surface area contributed by atoms with Crippen LogP contribution in [0.1, 0.15) is 15.2 Å². The zero-order valence-electron chi connectivity index (χ0n) is 10.0. The van der Waals surface area contributed by atoms with Crippen molar-refractivity contribution in [3.63, 3.8) is 0 Å². The first-order chi connectivity index (χ1) is 9.58. The van der Waals surface area contributed by atoms with Gasteiger partial charge in [-0.3, -0.25) is 15.5 Å². The van der Waals surface area contributed by atoms with E-state index < -0.39 is 10.9 Å².